The van der Waals surface area contributed by atoms with Crippen molar-refractivity contribution in [1.82, 2.24) is 0 Å². The predicted molar refractivity (Wildman–Crippen MR) is 146 cm³/mol. The van der Waals surface area contributed by atoms with Gasteiger partial charge in [0, 0.05) is 11.3 Å². The quantitative estimate of drug-likeness (QED) is 0.160. The maximum absolute atomic E-state index is 6.75. The van der Waals surface area contributed by atoms with Gasteiger partial charge in [-0.3, -0.25) is 0 Å². The number of hydrogen-bond acceptors (Lipinski definition) is 2. The molecule has 0 radical (unpaired) electrons. The molecular weight excluding hydrogens is 570 g/mol. The summed E-state index contributed by atoms with van der Waals surface area (Å²) in [5, 5.41) is 6.49. The van der Waals surface area contributed by atoms with Gasteiger partial charge in [0.15, 0.2) is 8.32 Å². The van der Waals surface area contributed by atoms with E-state index in [0.29, 0.717) is 0 Å². The van der Waals surface area contributed by atoms with Crippen molar-refractivity contribution in [2.24, 2.45) is 0 Å². The Hall–Kier alpha value is -1.30. The van der Waals surface area contributed by atoms with Crippen LogP contribution in [0.4, 0.5) is 0 Å². The van der Waals surface area contributed by atoms with Crippen LogP contribution in [-0.4, -0.2) is 14.5 Å². The van der Waals surface area contributed by atoms with Crippen LogP contribution in [0.15, 0.2) is 109 Å². The first-order valence-corrected chi connectivity index (χ1v) is 17.5. The lowest BCUT2D eigenvalue weighted by atomic mass is 10.2. The molecule has 0 amide bonds. The standard InChI is InChI=1S/C28H32OPSSi.HI/c1-32(2,3)29-27(28-20-13-23-31-28)21-22-30(24-14-7-4-8-15-24,25-16-9-5-10-17-25)26-18-11-6-12-19-26;/h4-20,23,27H,21-22H2,1-3H3;1H/q+1;/p-1/t27-;/m1./s1. The molecule has 5 heteroatoms. The van der Waals surface area contributed by atoms with Crippen molar-refractivity contribution < 1.29 is 28.4 Å². The summed E-state index contributed by atoms with van der Waals surface area (Å²) in [5.74, 6) is 0. The highest BCUT2D eigenvalue weighted by atomic mass is 127. The van der Waals surface area contributed by atoms with Crippen LogP contribution in [0.1, 0.15) is 17.4 Å². The van der Waals surface area contributed by atoms with Gasteiger partial charge in [-0.05, 0) is 67.5 Å². The summed E-state index contributed by atoms with van der Waals surface area (Å²) in [5.41, 5.74) is 0. The third kappa shape index (κ3) is 6.43. The van der Waals surface area contributed by atoms with E-state index in [1.807, 2.05) is 11.3 Å². The van der Waals surface area contributed by atoms with Gasteiger partial charge in [-0.1, -0.05) is 60.7 Å². The van der Waals surface area contributed by atoms with Crippen molar-refractivity contribution in [3.05, 3.63) is 113 Å². The van der Waals surface area contributed by atoms with E-state index < -0.39 is 15.6 Å². The van der Waals surface area contributed by atoms with Crippen molar-refractivity contribution in [2.75, 3.05) is 6.16 Å². The maximum atomic E-state index is 6.75. The van der Waals surface area contributed by atoms with E-state index >= 15 is 0 Å². The van der Waals surface area contributed by atoms with Crippen LogP contribution in [0.5, 0.6) is 0 Å². The van der Waals surface area contributed by atoms with Crippen molar-refractivity contribution in [3.63, 3.8) is 0 Å². The Morgan fingerprint density at radius 2 is 1.15 bits per heavy atom. The van der Waals surface area contributed by atoms with Gasteiger partial charge in [-0.25, -0.2) is 0 Å². The van der Waals surface area contributed by atoms with E-state index in [0.717, 1.165) is 12.6 Å². The van der Waals surface area contributed by atoms with Crippen LogP contribution in [0.3, 0.4) is 0 Å². The van der Waals surface area contributed by atoms with Gasteiger partial charge in [0.1, 0.15) is 23.2 Å². The third-order valence-corrected chi connectivity index (χ3v) is 12.1. The first-order chi connectivity index (χ1) is 15.5. The van der Waals surface area contributed by atoms with Crippen LogP contribution in [0, 0.1) is 0 Å². The second-order valence-electron chi connectivity index (χ2n) is 9.06. The first-order valence-electron chi connectivity index (χ1n) is 11.3. The number of halogens is 1. The molecule has 172 valence electrons. The Morgan fingerprint density at radius 3 is 1.52 bits per heavy atom. The van der Waals surface area contributed by atoms with Gasteiger partial charge >= 0.3 is 0 Å². The number of benzene rings is 3. The van der Waals surface area contributed by atoms with Crippen LogP contribution in [0.25, 0.3) is 0 Å². The van der Waals surface area contributed by atoms with Crippen LogP contribution in [-0.2, 0) is 4.43 Å². The first kappa shape index (κ1) is 26.3. The molecule has 0 aliphatic heterocycles. The summed E-state index contributed by atoms with van der Waals surface area (Å²) in [4.78, 5) is 1.35. The second kappa shape index (κ2) is 11.9. The van der Waals surface area contributed by atoms with Crippen LogP contribution >= 0.6 is 18.6 Å². The number of hydrogen-bond donors (Lipinski definition) is 0. The predicted octanol–water partition coefficient (Wildman–Crippen LogP) is 4.03. The molecule has 0 spiro atoms. The molecule has 0 bridgehead atoms. The van der Waals surface area contributed by atoms with E-state index in [1.54, 1.807) is 0 Å². The van der Waals surface area contributed by atoms with Crippen molar-refractivity contribution in [3.8, 4) is 0 Å². The zero-order valence-electron chi connectivity index (χ0n) is 19.5. The van der Waals surface area contributed by atoms with Crippen LogP contribution in [0.2, 0.25) is 19.6 Å². The summed E-state index contributed by atoms with van der Waals surface area (Å²) in [6, 6.07) is 37.8. The zero-order chi connectivity index (χ0) is 22.4. The largest absolute Gasteiger partial charge is 1.00 e. The Labute approximate surface area is 221 Å². The minimum absolute atomic E-state index is 0. The number of rotatable bonds is 9. The SMILES string of the molecule is C[Si](C)(C)O[C@H](CC[P+](c1ccccc1)(c1ccccc1)c1ccccc1)c1cccs1.[I-]. The Balaban J connectivity index is 0.00000306. The highest BCUT2D eigenvalue weighted by Gasteiger charge is 2.45. The van der Waals surface area contributed by atoms with E-state index in [1.165, 1.54) is 20.8 Å². The molecule has 3 aromatic carbocycles. The molecule has 1 aromatic heterocycles. The fourth-order valence-electron chi connectivity index (χ4n) is 4.35. The van der Waals surface area contributed by atoms with Crippen molar-refractivity contribution >= 4 is 42.8 Å². The van der Waals surface area contributed by atoms with Crippen LogP contribution < -0.4 is 39.9 Å². The van der Waals surface area contributed by atoms with Gasteiger partial charge in [-0.15, -0.1) is 11.3 Å². The molecule has 0 aliphatic rings. The average Bonchev–Trinajstić information content (AvgIpc) is 3.35. The Morgan fingerprint density at radius 1 is 0.697 bits per heavy atom. The molecule has 0 N–H and O–H groups in total. The molecule has 0 saturated heterocycles. The smallest absolute Gasteiger partial charge is 0.184 e. The summed E-state index contributed by atoms with van der Waals surface area (Å²) in [6.07, 6.45) is 2.24. The lowest BCUT2D eigenvalue weighted by Crippen LogP contribution is -3.00. The lowest BCUT2D eigenvalue weighted by molar-refractivity contribution is -0.00000806. The normalized spacial score (nSPS) is 12.7. The van der Waals surface area contributed by atoms with Gasteiger partial charge in [0.05, 0.1) is 12.3 Å². The summed E-state index contributed by atoms with van der Waals surface area (Å²) in [7, 11) is -3.53. The molecular formula is C28H32IOPSSi. The average molecular weight is 603 g/mol. The molecule has 0 unspecified atom stereocenters. The maximum Gasteiger partial charge on any atom is 0.184 e. The van der Waals surface area contributed by atoms with E-state index in [4.69, 9.17) is 4.43 Å². The molecule has 1 atom stereocenters. The van der Waals surface area contributed by atoms with E-state index in [2.05, 4.69) is 128 Å². The van der Waals surface area contributed by atoms with Gasteiger partial charge in [0.2, 0.25) is 0 Å². The molecule has 1 nitrogen and oxygen atoms in total. The Bertz CT molecular complexity index is 987. The minimum atomic E-state index is -1.83. The molecule has 33 heavy (non-hydrogen) atoms. The highest BCUT2D eigenvalue weighted by molar-refractivity contribution is 7.95. The fourth-order valence-corrected chi connectivity index (χ4v) is 10.7. The van der Waals surface area contributed by atoms with Gasteiger partial charge in [0.25, 0.3) is 0 Å². The van der Waals surface area contributed by atoms with Gasteiger partial charge < -0.3 is 28.4 Å². The molecule has 0 fully saturated rings. The molecule has 4 aromatic rings. The summed E-state index contributed by atoms with van der Waals surface area (Å²) < 4.78 is 6.75. The van der Waals surface area contributed by atoms with E-state index in [9.17, 15) is 0 Å². The highest BCUT2D eigenvalue weighted by Crippen LogP contribution is 2.56. The number of thiophene rings is 1. The fraction of sp³-hybridized carbons (Fsp3) is 0.214. The Kier molecular flexibility index (Phi) is 9.49. The third-order valence-electron chi connectivity index (χ3n) is 5.67. The summed E-state index contributed by atoms with van der Waals surface area (Å²) >= 11 is 1.82. The van der Waals surface area contributed by atoms with E-state index in [-0.39, 0.29) is 30.1 Å². The summed E-state index contributed by atoms with van der Waals surface area (Å²) in [6.45, 7) is 6.88. The second-order valence-corrected chi connectivity index (χ2v) is 18.1. The van der Waals surface area contributed by atoms with Crippen molar-refractivity contribution in [1.29, 1.82) is 0 Å². The molecule has 0 aliphatic carbocycles. The molecule has 4 rings (SSSR count). The monoisotopic (exact) mass is 602 g/mol. The molecule has 1 heterocycles. The topological polar surface area (TPSA) is 9.23 Å². The van der Waals surface area contributed by atoms with Crippen molar-refractivity contribution in [2.45, 2.75) is 32.2 Å². The zero-order valence-corrected chi connectivity index (χ0v) is 24.4. The molecule has 0 saturated carbocycles. The van der Waals surface area contributed by atoms with Gasteiger partial charge in [-0.2, -0.15) is 0 Å². The lowest BCUT2D eigenvalue weighted by Gasteiger charge is -2.31. The minimum Gasteiger partial charge on any atom is -1.00 e.